The first-order chi connectivity index (χ1) is 11.4. The fourth-order valence-corrected chi connectivity index (χ4v) is 2.29. The Kier molecular flexibility index (Phi) is 6.08. The Bertz CT molecular complexity index is 705. The monoisotopic (exact) mass is 354 g/mol. The lowest BCUT2D eigenvalue weighted by atomic mass is 10.2. The number of alkyl halides is 2. The van der Waals surface area contributed by atoms with Crippen molar-refractivity contribution in [3.05, 3.63) is 41.7 Å². The van der Waals surface area contributed by atoms with E-state index < -0.39 is 6.61 Å². The fourth-order valence-electron chi connectivity index (χ4n) is 2.12. The predicted octanol–water partition coefficient (Wildman–Crippen LogP) is 3.64. The molecule has 2 rings (SSSR count). The summed E-state index contributed by atoms with van der Waals surface area (Å²) in [5.74, 6) is 0.0658. The smallest absolute Gasteiger partial charge is 0.387 e. The molecule has 0 radical (unpaired) electrons. The number of hydrogen-bond acceptors (Lipinski definition) is 3. The second kappa shape index (κ2) is 8.05. The third kappa shape index (κ3) is 4.89. The molecule has 1 aromatic carbocycles. The number of benzene rings is 1. The van der Waals surface area contributed by atoms with Crippen LogP contribution in [0.15, 0.2) is 30.5 Å². The van der Waals surface area contributed by atoms with Gasteiger partial charge in [0.2, 0.25) is 0 Å². The second-order valence-corrected chi connectivity index (χ2v) is 5.71. The predicted molar refractivity (Wildman–Crippen MR) is 93.4 cm³/mol. The van der Waals surface area contributed by atoms with Crippen molar-refractivity contribution in [2.75, 3.05) is 12.4 Å². The Morgan fingerprint density at radius 1 is 1.42 bits per heavy atom. The number of nitrogens with one attached hydrogen (secondary N) is 1. The average molecular weight is 354 g/mol. The van der Waals surface area contributed by atoms with Gasteiger partial charge in [0, 0.05) is 19.8 Å². The third-order valence-electron chi connectivity index (χ3n) is 3.36. The minimum Gasteiger partial charge on any atom is -0.433 e. The zero-order chi connectivity index (χ0) is 17.7. The Morgan fingerprint density at radius 3 is 2.79 bits per heavy atom. The van der Waals surface area contributed by atoms with Crippen LogP contribution in [0, 0.1) is 6.92 Å². The first kappa shape index (κ1) is 18.1. The normalized spacial score (nSPS) is 10.8. The SMILES string of the molecule is CCn1ccc(CN(C)C(=S)Nc2ccc(C)cc2OC(F)F)n1. The van der Waals surface area contributed by atoms with Crippen LogP contribution in [0.2, 0.25) is 0 Å². The van der Waals surface area contributed by atoms with Gasteiger partial charge in [-0.15, -0.1) is 0 Å². The maximum atomic E-state index is 12.5. The molecule has 0 saturated heterocycles. The van der Waals surface area contributed by atoms with Crippen molar-refractivity contribution in [2.24, 2.45) is 0 Å². The minimum absolute atomic E-state index is 0.0658. The first-order valence-corrected chi connectivity index (χ1v) is 7.89. The lowest BCUT2D eigenvalue weighted by Gasteiger charge is -2.21. The average Bonchev–Trinajstić information content (AvgIpc) is 2.97. The molecular weight excluding hydrogens is 334 g/mol. The molecule has 2 aromatic rings. The zero-order valence-corrected chi connectivity index (χ0v) is 14.6. The molecule has 0 spiro atoms. The van der Waals surface area contributed by atoms with Gasteiger partial charge >= 0.3 is 6.61 Å². The summed E-state index contributed by atoms with van der Waals surface area (Å²) in [4.78, 5) is 1.78. The van der Waals surface area contributed by atoms with Crippen LogP contribution in [0.25, 0.3) is 0 Å². The largest absolute Gasteiger partial charge is 0.433 e. The van der Waals surface area contributed by atoms with E-state index in [0.717, 1.165) is 17.8 Å². The lowest BCUT2D eigenvalue weighted by Crippen LogP contribution is -2.31. The van der Waals surface area contributed by atoms with Crippen molar-refractivity contribution in [1.29, 1.82) is 0 Å². The molecule has 0 unspecified atom stereocenters. The maximum Gasteiger partial charge on any atom is 0.387 e. The Labute approximate surface area is 145 Å². The highest BCUT2D eigenvalue weighted by Crippen LogP contribution is 2.27. The van der Waals surface area contributed by atoms with Gasteiger partial charge in [-0.2, -0.15) is 13.9 Å². The molecule has 0 bridgehead atoms. The van der Waals surface area contributed by atoms with Crippen molar-refractivity contribution < 1.29 is 13.5 Å². The summed E-state index contributed by atoms with van der Waals surface area (Å²) in [5.41, 5.74) is 2.09. The highest BCUT2D eigenvalue weighted by Gasteiger charge is 2.13. The Balaban J connectivity index is 2.05. The van der Waals surface area contributed by atoms with Crippen molar-refractivity contribution in [3.8, 4) is 5.75 Å². The van der Waals surface area contributed by atoms with Gasteiger partial charge in [-0.05, 0) is 49.8 Å². The molecule has 0 aliphatic heterocycles. The summed E-state index contributed by atoms with van der Waals surface area (Å²) < 4.78 is 31.5. The van der Waals surface area contributed by atoms with E-state index in [4.69, 9.17) is 12.2 Å². The van der Waals surface area contributed by atoms with Crippen LogP contribution in [0.3, 0.4) is 0 Å². The molecule has 0 saturated carbocycles. The third-order valence-corrected chi connectivity index (χ3v) is 3.77. The van der Waals surface area contributed by atoms with E-state index in [0.29, 0.717) is 17.3 Å². The van der Waals surface area contributed by atoms with E-state index in [2.05, 4.69) is 15.2 Å². The summed E-state index contributed by atoms with van der Waals surface area (Å²) in [6.07, 6.45) is 1.90. The van der Waals surface area contributed by atoms with Gasteiger partial charge in [0.15, 0.2) is 5.11 Å². The van der Waals surface area contributed by atoms with Crippen molar-refractivity contribution in [1.82, 2.24) is 14.7 Å². The number of aromatic nitrogens is 2. The van der Waals surface area contributed by atoms with E-state index in [1.165, 1.54) is 0 Å². The molecule has 1 aromatic heterocycles. The maximum absolute atomic E-state index is 12.5. The number of halogens is 2. The molecule has 0 atom stereocenters. The molecule has 1 heterocycles. The molecule has 1 N–H and O–H groups in total. The lowest BCUT2D eigenvalue weighted by molar-refractivity contribution is -0.0493. The standard InChI is InChI=1S/C16H20F2N4OS/c1-4-22-8-7-12(20-22)10-21(3)16(24)19-13-6-5-11(2)9-14(13)23-15(17)18/h5-9,15H,4,10H2,1-3H3,(H,19,24). The quantitative estimate of drug-likeness (QED) is 0.802. The molecule has 5 nitrogen and oxygen atoms in total. The summed E-state index contributed by atoms with van der Waals surface area (Å²) in [5, 5.41) is 7.73. The summed E-state index contributed by atoms with van der Waals surface area (Å²) in [6.45, 7) is 2.22. The highest BCUT2D eigenvalue weighted by molar-refractivity contribution is 7.80. The van der Waals surface area contributed by atoms with Crippen LogP contribution in [0.5, 0.6) is 5.75 Å². The highest BCUT2D eigenvalue weighted by atomic mass is 32.1. The number of rotatable bonds is 6. The number of thiocarbonyl (C=S) groups is 1. The number of hydrogen-bond donors (Lipinski definition) is 1. The molecule has 0 fully saturated rings. The van der Waals surface area contributed by atoms with E-state index in [1.807, 2.05) is 30.9 Å². The van der Waals surface area contributed by atoms with E-state index in [1.54, 1.807) is 30.0 Å². The number of anilines is 1. The summed E-state index contributed by atoms with van der Waals surface area (Å²) in [6, 6.07) is 6.92. The van der Waals surface area contributed by atoms with Crippen molar-refractivity contribution in [2.45, 2.75) is 33.5 Å². The summed E-state index contributed by atoms with van der Waals surface area (Å²) in [7, 11) is 1.81. The van der Waals surface area contributed by atoms with Gasteiger partial charge in [0.05, 0.1) is 17.9 Å². The molecule has 130 valence electrons. The van der Waals surface area contributed by atoms with Gasteiger partial charge in [0.25, 0.3) is 0 Å². The minimum atomic E-state index is -2.89. The van der Waals surface area contributed by atoms with E-state index in [9.17, 15) is 8.78 Å². The topological polar surface area (TPSA) is 42.3 Å². The summed E-state index contributed by atoms with van der Waals surface area (Å²) >= 11 is 5.34. The molecule has 24 heavy (non-hydrogen) atoms. The van der Waals surface area contributed by atoms with E-state index >= 15 is 0 Å². The van der Waals surface area contributed by atoms with Gasteiger partial charge in [0.1, 0.15) is 5.75 Å². The van der Waals surface area contributed by atoms with Crippen LogP contribution in [0.4, 0.5) is 14.5 Å². The number of nitrogens with zero attached hydrogens (tertiary/aromatic N) is 3. The molecule has 0 aliphatic rings. The van der Waals surface area contributed by atoms with Gasteiger partial charge in [-0.3, -0.25) is 4.68 Å². The van der Waals surface area contributed by atoms with E-state index in [-0.39, 0.29) is 5.75 Å². The number of aryl methyl sites for hydroxylation is 2. The molecule has 8 heteroatoms. The molecule has 0 aliphatic carbocycles. The molecule has 0 amide bonds. The zero-order valence-electron chi connectivity index (χ0n) is 13.8. The van der Waals surface area contributed by atoms with Gasteiger partial charge in [-0.1, -0.05) is 6.07 Å². The van der Waals surface area contributed by atoms with Crippen LogP contribution in [0.1, 0.15) is 18.2 Å². The van der Waals surface area contributed by atoms with Crippen LogP contribution in [-0.4, -0.2) is 33.5 Å². The Hall–Kier alpha value is -2.22. The van der Waals surface area contributed by atoms with Gasteiger partial charge < -0.3 is 15.0 Å². The fraction of sp³-hybridized carbons (Fsp3) is 0.375. The van der Waals surface area contributed by atoms with Gasteiger partial charge in [-0.25, -0.2) is 0 Å². The van der Waals surface area contributed by atoms with Crippen molar-refractivity contribution in [3.63, 3.8) is 0 Å². The molecular formula is C16H20F2N4OS. The van der Waals surface area contributed by atoms with Crippen LogP contribution in [-0.2, 0) is 13.1 Å². The van der Waals surface area contributed by atoms with Crippen molar-refractivity contribution >= 4 is 23.0 Å². The first-order valence-electron chi connectivity index (χ1n) is 7.49. The van der Waals surface area contributed by atoms with Crippen LogP contribution >= 0.6 is 12.2 Å². The Morgan fingerprint density at radius 2 is 2.17 bits per heavy atom. The number of ether oxygens (including phenoxy) is 1. The second-order valence-electron chi connectivity index (χ2n) is 5.33. The van der Waals surface area contributed by atoms with Crippen LogP contribution < -0.4 is 10.1 Å².